The van der Waals surface area contributed by atoms with Crippen LogP contribution in [0.5, 0.6) is 0 Å². The molecule has 0 N–H and O–H groups in total. The summed E-state index contributed by atoms with van der Waals surface area (Å²) in [5, 5.41) is 0. The van der Waals surface area contributed by atoms with Crippen LogP contribution in [-0.4, -0.2) is 19.8 Å². The fourth-order valence-electron chi connectivity index (χ4n) is 2.10. The topological polar surface area (TPSA) is 37.4 Å². The van der Waals surface area contributed by atoms with Gasteiger partial charge in [0, 0.05) is 18.0 Å². The normalized spacial score (nSPS) is 13.6. The zero-order valence-electron chi connectivity index (χ0n) is 12.4. The fraction of sp³-hybridized carbons (Fsp3) is 0.333. The monoisotopic (exact) mass is 387 g/mol. The van der Waals surface area contributed by atoms with Gasteiger partial charge in [0.15, 0.2) is 0 Å². The van der Waals surface area contributed by atoms with Gasteiger partial charge in [-0.2, -0.15) is 4.31 Å². The van der Waals surface area contributed by atoms with Crippen LogP contribution >= 0.6 is 27.3 Å². The van der Waals surface area contributed by atoms with E-state index in [2.05, 4.69) is 15.9 Å². The molecule has 1 heterocycles. The van der Waals surface area contributed by atoms with Gasteiger partial charge in [-0.3, -0.25) is 0 Å². The molecule has 0 spiro atoms. The molecule has 2 rings (SSSR count). The Morgan fingerprint density at radius 1 is 1.19 bits per heavy atom. The smallest absolute Gasteiger partial charge is 0.207 e. The number of hydrogen-bond donors (Lipinski definition) is 0. The number of thiophene rings is 1. The van der Waals surface area contributed by atoms with Crippen molar-refractivity contribution < 1.29 is 8.42 Å². The number of benzene rings is 1. The van der Waals surface area contributed by atoms with Crippen molar-refractivity contribution in [1.29, 1.82) is 0 Å². The Morgan fingerprint density at radius 3 is 2.24 bits per heavy atom. The van der Waals surface area contributed by atoms with Gasteiger partial charge in [-0.1, -0.05) is 29.8 Å². The standard InChI is InChI=1S/C15H18BrNO2S2/c1-10-5-7-13(8-6-10)11(2)17(4)21(18,19)14-9-15(16)20-12(14)3/h5-9,11H,1-4H3. The second-order valence-electron chi connectivity index (χ2n) is 5.08. The van der Waals surface area contributed by atoms with Crippen LogP contribution < -0.4 is 0 Å². The first-order chi connectivity index (χ1) is 9.73. The highest BCUT2D eigenvalue weighted by molar-refractivity contribution is 9.11. The first-order valence-electron chi connectivity index (χ1n) is 6.54. The number of sulfonamides is 1. The van der Waals surface area contributed by atoms with Crippen LogP contribution in [0.25, 0.3) is 0 Å². The molecule has 6 heteroatoms. The van der Waals surface area contributed by atoms with Crippen LogP contribution in [0.4, 0.5) is 0 Å². The molecule has 1 aromatic carbocycles. The van der Waals surface area contributed by atoms with Crippen molar-refractivity contribution in [3.63, 3.8) is 0 Å². The molecule has 0 saturated carbocycles. The average molecular weight is 388 g/mol. The molecule has 0 aliphatic heterocycles. The van der Waals surface area contributed by atoms with Gasteiger partial charge in [-0.05, 0) is 48.3 Å². The lowest BCUT2D eigenvalue weighted by atomic mass is 10.1. The predicted octanol–water partition coefficient (Wildman–Crippen LogP) is 4.51. The third kappa shape index (κ3) is 3.39. The molecule has 114 valence electrons. The molecular formula is C15H18BrNO2S2. The van der Waals surface area contributed by atoms with E-state index in [-0.39, 0.29) is 6.04 Å². The van der Waals surface area contributed by atoms with E-state index in [1.165, 1.54) is 15.6 Å². The molecule has 2 aromatic rings. The molecule has 0 bridgehead atoms. The lowest BCUT2D eigenvalue weighted by molar-refractivity contribution is 0.398. The second-order valence-corrected chi connectivity index (χ2v) is 9.68. The molecular weight excluding hydrogens is 370 g/mol. The molecule has 3 nitrogen and oxygen atoms in total. The van der Waals surface area contributed by atoms with Gasteiger partial charge in [0.2, 0.25) is 10.0 Å². The Labute approximate surface area is 138 Å². The van der Waals surface area contributed by atoms with Crippen molar-refractivity contribution in [1.82, 2.24) is 4.31 Å². The van der Waals surface area contributed by atoms with Gasteiger partial charge in [-0.15, -0.1) is 11.3 Å². The van der Waals surface area contributed by atoms with Crippen molar-refractivity contribution in [3.8, 4) is 0 Å². The summed E-state index contributed by atoms with van der Waals surface area (Å²) in [6.45, 7) is 5.74. The summed E-state index contributed by atoms with van der Waals surface area (Å²) in [6.07, 6.45) is 0. The summed E-state index contributed by atoms with van der Waals surface area (Å²) in [5.74, 6) is 0. The lowest BCUT2D eigenvalue weighted by Crippen LogP contribution is -2.29. The van der Waals surface area contributed by atoms with E-state index in [0.717, 1.165) is 19.8 Å². The third-order valence-electron chi connectivity index (χ3n) is 3.60. The first kappa shape index (κ1) is 16.7. The number of rotatable bonds is 4. The summed E-state index contributed by atoms with van der Waals surface area (Å²) < 4.78 is 27.8. The summed E-state index contributed by atoms with van der Waals surface area (Å²) >= 11 is 4.78. The highest BCUT2D eigenvalue weighted by Gasteiger charge is 2.28. The second kappa shape index (κ2) is 6.20. The van der Waals surface area contributed by atoms with E-state index in [4.69, 9.17) is 0 Å². The predicted molar refractivity (Wildman–Crippen MR) is 91.3 cm³/mol. The zero-order chi connectivity index (χ0) is 15.8. The molecule has 0 aliphatic rings. The molecule has 1 atom stereocenters. The number of halogens is 1. The van der Waals surface area contributed by atoms with Gasteiger partial charge in [0.1, 0.15) is 0 Å². The molecule has 0 aliphatic carbocycles. The average Bonchev–Trinajstić information content (AvgIpc) is 2.77. The van der Waals surface area contributed by atoms with Gasteiger partial charge in [-0.25, -0.2) is 8.42 Å². The summed E-state index contributed by atoms with van der Waals surface area (Å²) in [6, 6.07) is 9.41. The molecule has 0 fully saturated rings. The summed E-state index contributed by atoms with van der Waals surface area (Å²) in [5.41, 5.74) is 2.15. The van der Waals surface area contributed by atoms with E-state index in [1.807, 2.05) is 45.0 Å². The van der Waals surface area contributed by atoms with Gasteiger partial charge in [0.05, 0.1) is 8.68 Å². The van der Waals surface area contributed by atoms with Crippen molar-refractivity contribution in [3.05, 3.63) is 50.1 Å². The Bertz CT molecular complexity index is 736. The minimum Gasteiger partial charge on any atom is -0.207 e. The molecule has 1 aromatic heterocycles. The first-order valence-corrected chi connectivity index (χ1v) is 9.59. The minimum atomic E-state index is -3.49. The highest BCUT2D eigenvalue weighted by atomic mass is 79.9. The van der Waals surface area contributed by atoms with Crippen LogP contribution in [0, 0.1) is 13.8 Å². The summed E-state index contributed by atoms with van der Waals surface area (Å²) in [4.78, 5) is 1.17. The molecule has 0 radical (unpaired) electrons. The van der Waals surface area contributed by atoms with E-state index in [1.54, 1.807) is 13.1 Å². The van der Waals surface area contributed by atoms with E-state index in [9.17, 15) is 8.42 Å². The Hall–Kier alpha value is -0.690. The van der Waals surface area contributed by atoms with Gasteiger partial charge >= 0.3 is 0 Å². The maximum atomic E-state index is 12.8. The van der Waals surface area contributed by atoms with Crippen LogP contribution in [-0.2, 0) is 10.0 Å². The molecule has 21 heavy (non-hydrogen) atoms. The van der Waals surface area contributed by atoms with E-state index >= 15 is 0 Å². The highest BCUT2D eigenvalue weighted by Crippen LogP contribution is 2.33. The largest absolute Gasteiger partial charge is 0.244 e. The van der Waals surface area contributed by atoms with Gasteiger partial charge < -0.3 is 0 Å². The van der Waals surface area contributed by atoms with Crippen molar-refractivity contribution in [2.24, 2.45) is 0 Å². The Morgan fingerprint density at radius 2 is 1.76 bits per heavy atom. The lowest BCUT2D eigenvalue weighted by Gasteiger charge is -2.24. The quantitative estimate of drug-likeness (QED) is 0.773. The number of hydrogen-bond acceptors (Lipinski definition) is 3. The summed E-state index contributed by atoms with van der Waals surface area (Å²) in [7, 11) is -1.86. The van der Waals surface area contributed by atoms with Crippen molar-refractivity contribution in [2.75, 3.05) is 7.05 Å². The number of aryl methyl sites for hydroxylation is 2. The van der Waals surface area contributed by atoms with Gasteiger partial charge in [0.25, 0.3) is 0 Å². The third-order valence-corrected chi connectivity index (χ3v) is 7.34. The Balaban J connectivity index is 2.36. The van der Waals surface area contributed by atoms with Crippen LogP contribution in [0.2, 0.25) is 0 Å². The molecule has 1 unspecified atom stereocenters. The fourth-order valence-corrected chi connectivity index (χ4v) is 5.84. The molecule has 0 saturated heterocycles. The minimum absolute atomic E-state index is 0.214. The SMILES string of the molecule is Cc1ccc(C(C)N(C)S(=O)(=O)c2cc(Br)sc2C)cc1. The van der Waals surface area contributed by atoms with Crippen LogP contribution in [0.1, 0.15) is 29.0 Å². The maximum Gasteiger partial charge on any atom is 0.244 e. The van der Waals surface area contributed by atoms with Crippen molar-refractivity contribution >= 4 is 37.3 Å². The van der Waals surface area contributed by atoms with Crippen LogP contribution in [0.3, 0.4) is 0 Å². The van der Waals surface area contributed by atoms with E-state index < -0.39 is 10.0 Å². The van der Waals surface area contributed by atoms with E-state index in [0.29, 0.717) is 4.90 Å². The molecule has 0 amide bonds. The maximum absolute atomic E-state index is 12.8. The van der Waals surface area contributed by atoms with Crippen molar-refractivity contribution in [2.45, 2.75) is 31.7 Å². The van der Waals surface area contributed by atoms with Crippen LogP contribution in [0.15, 0.2) is 39.0 Å². The number of nitrogens with zero attached hydrogens (tertiary/aromatic N) is 1. The zero-order valence-corrected chi connectivity index (χ0v) is 15.6. The Kier molecular flexibility index (Phi) is 4.92.